The Bertz CT molecular complexity index is 1030. The van der Waals surface area contributed by atoms with Gasteiger partial charge in [-0.2, -0.15) is 0 Å². The summed E-state index contributed by atoms with van der Waals surface area (Å²) >= 11 is 7.21. The number of hydrogen-bond donors (Lipinski definition) is 2. The summed E-state index contributed by atoms with van der Waals surface area (Å²) in [5, 5.41) is 1.31. The van der Waals surface area contributed by atoms with Crippen molar-refractivity contribution in [1.82, 2.24) is 4.98 Å². The molecule has 0 aliphatic carbocycles. The van der Waals surface area contributed by atoms with Crippen LogP contribution in [0.15, 0.2) is 30.3 Å². The van der Waals surface area contributed by atoms with E-state index >= 15 is 0 Å². The molecule has 202 valence electrons. The summed E-state index contributed by atoms with van der Waals surface area (Å²) in [5.41, 5.74) is 14.1. The molecule has 1 atom stereocenters. The van der Waals surface area contributed by atoms with Crippen molar-refractivity contribution in [3.05, 3.63) is 35.4 Å². The summed E-state index contributed by atoms with van der Waals surface area (Å²) in [6.07, 6.45) is 6.27. The van der Waals surface area contributed by atoms with E-state index < -0.39 is 0 Å². The van der Waals surface area contributed by atoms with E-state index in [0.717, 1.165) is 39.8 Å². The van der Waals surface area contributed by atoms with Gasteiger partial charge in [0.1, 0.15) is 11.5 Å². The van der Waals surface area contributed by atoms with Gasteiger partial charge in [0.2, 0.25) is 0 Å². The number of anilines is 3. The maximum atomic E-state index is 5.99. The second-order valence-electron chi connectivity index (χ2n) is 8.59. The van der Waals surface area contributed by atoms with Crippen molar-refractivity contribution in [3.8, 4) is 11.5 Å². The summed E-state index contributed by atoms with van der Waals surface area (Å²) in [4.78, 5) is 6.46. The molecule has 0 spiro atoms. The molecular weight excluding hydrogens is 492 g/mol. The van der Waals surface area contributed by atoms with E-state index in [2.05, 4.69) is 44.5 Å². The molecule has 1 heterocycles. The summed E-state index contributed by atoms with van der Waals surface area (Å²) in [5.74, 6) is 2.22. The zero-order valence-electron chi connectivity index (χ0n) is 23.1. The Balaban J connectivity index is 0.000000380. The topological polar surface area (TPSA) is 86.6 Å². The quantitative estimate of drug-likeness (QED) is 0.253. The van der Waals surface area contributed by atoms with Gasteiger partial charge < -0.3 is 25.8 Å². The number of fused-ring (bicyclic) bond motifs is 1. The predicted octanol–water partition coefficient (Wildman–Crippen LogP) is 8.28. The first-order chi connectivity index (χ1) is 17.3. The van der Waals surface area contributed by atoms with Crippen LogP contribution in [0.3, 0.4) is 0 Å². The molecule has 36 heavy (non-hydrogen) atoms. The minimum absolute atomic E-state index is 0.585. The number of rotatable bonds is 10. The number of hydrogen-bond acceptors (Lipinski definition) is 7. The van der Waals surface area contributed by atoms with E-state index in [1.165, 1.54) is 43.4 Å². The van der Waals surface area contributed by atoms with Crippen molar-refractivity contribution < 1.29 is 9.47 Å². The van der Waals surface area contributed by atoms with Crippen molar-refractivity contribution >= 4 is 49.7 Å². The SMILES string of the molecule is CCC.CCCCC(CC)CN(CC)c1cc(OC)c(N)cc1OC.Nc1nc2ccc(Cl)cc2s1. The standard InChI is InChI=1S/C18H32N2O2.C7H5ClN2S.C3H8/c1-6-9-10-14(7-2)13-20(8-3)16-12-17(21-4)15(19)11-18(16)22-5;8-4-1-2-5-6(3-4)11-7(9)10-5;1-3-2/h11-12,14H,6-10,13,19H2,1-5H3;1-3H,(H2,9,10);3H2,1-2H3. The lowest BCUT2D eigenvalue weighted by Crippen LogP contribution is -2.29. The predicted molar refractivity (Wildman–Crippen MR) is 160 cm³/mol. The van der Waals surface area contributed by atoms with E-state index in [1.54, 1.807) is 14.2 Å². The highest BCUT2D eigenvalue weighted by atomic mass is 35.5. The number of unbranched alkanes of at least 4 members (excludes halogenated alkanes) is 1. The van der Waals surface area contributed by atoms with Gasteiger partial charge in [-0.3, -0.25) is 0 Å². The molecule has 0 radical (unpaired) electrons. The van der Waals surface area contributed by atoms with Crippen LogP contribution < -0.4 is 25.8 Å². The molecule has 3 aromatic rings. The van der Waals surface area contributed by atoms with Crippen molar-refractivity contribution in [2.75, 3.05) is 43.7 Å². The first kappa shape index (κ1) is 31.6. The van der Waals surface area contributed by atoms with Crippen molar-refractivity contribution in [1.29, 1.82) is 0 Å². The number of nitrogen functional groups attached to an aromatic ring is 2. The highest BCUT2D eigenvalue weighted by Crippen LogP contribution is 2.37. The summed E-state index contributed by atoms with van der Waals surface area (Å²) in [6, 6.07) is 9.38. The van der Waals surface area contributed by atoms with Crippen LogP contribution in [0.5, 0.6) is 11.5 Å². The summed E-state index contributed by atoms with van der Waals surface area (Å²) in [6.45, 7) is 12.9. The summed E-state index contributed by atoms with van der Waals surface area (Å²) < 4.78 is 11.9. The number of nitrogens with zero attached hydrogens (tertiary/aromatic N) is 2. The monoisotopic (exact) mass is 536 g/mol. The van der Waals surface area contributed by atoms with Gasteiger partial charge in [-0.05, 0) is 37.5 Å². The third-order valence-corrected chi connectivity index (χ3v) is 6.72. The summed E-state index contributed by atoms with van der Waals surface area (Å²) in [7, 11) is 3.33. The van der Waals surface area contributed by atoms with Crippen LogP contribution in [0.2, 0.25) is 5.02 Å². The lowest BCUT2D eigenvalue weighted by molar-refractivity contribution is 0.401. The third-order valence-electron chi connectivity index (χ3n) is 5.64. The lowest BCUT2D eigenvalue weighted by Gasteiger charge is -2.29. The normalized spacial score (nSPS) is 11.1. The van der Waals surface area contributed by atoms with Crippen LogP contribution in [0.25, 0.3) is 10.2 Å². The van der Waals surface area contributed by atoms with E-state index in [4.69, 9.17) is 32.5 Å². The van der Waals surface area contributed by atoms with Crippen LogP contribution in [-0.2, 0) is 0 Å². The molecular formula is C28H45ClN4O2S. The van der Waals surface area contributed by atoms with Gasteiger partial charge in [-0.15, -0.1) is 0 Å². The van der Waals surface area contributed by atoms with Crippen molar-refractivity contribution in [2.45, 2.75) is 66.7 Å². The first-order valence-electron chi connectivity index (χ1n) is 12.9. The largest absolute Gasteiger partial charge is 0.495 e. The second kappa shape index (κ2) is 17.1. The number of aromatic nitrogens is 1. The van der Waals surface area contributed by atoms with Gasteiger partial charge in [0.15, 0.2) is 5.13 Å². The maximum Gasteiger partial charge on any atom is 0.181 e. The molecule has 3 rings (SSSR count). The molecule has 6 nitrogen and oxygen atoms in total. The Morgan fingerprint density at radius 3 is 2.22 bits per heavy atom. The minimum Gasteiger partial charge on any atom is -0.495 e. The molecule has 0 aliphatic heterocycles. The van der Waals surface area contributed by atoms with Gasteiger partial charge in [0.25, 0.3) is 0 Å². The number of halogens is 1. The Morgan fingerprint density at radius 2 is 1.67 bits per heavy atom. The number of benzene rings is 2. The second-order valence-corrected chi connectivity index (χ2v) is 10.1. The molecule has 1 aromatic heterocycles. The fourth-order valence-electron chi connectivity index (χ4n) is 3.70. The molecule has 4 N–H and O–H groups in total. The van der Waals surface area contributed by atoms with Crippen molar-refractivity contribution in [2.24, 2.45) is 5.92 Å². The molecule has 2 aromatic carbocycles. The zero-order valence-corrected chi connectivity index (χ0v) is 24.6. The van der Waals surface area contributed by atoms with Crippen LogP contribution in [0.4, 0.5) is 16.5 Å². The minimum atomic E-state index is 0.585. The average Bonchev–Trinajstić information content (AvgIpc) is 3.24. The van der Waals surface area contributed by atoms with E-state index in [-0.39, 0.29) is 0 Å². The Hall–Kier alpha value is -2.38. The van der Waals surface area contributed by atoms with E-state index in [1.807, 2.05) is 30.3 Å². The average molecular weight is 537 g/mol. The highest BCUT2D eigenvalue weighted by molar-refractivity contribution is 7.22. The molecule has 0 saturated carbocycles. The number of nitrogens with two attached hydrogens (primary N) is 2. The highest BCUT2D eigenvalue weighted by Gasteiger charge is 2.18. The molecule has 0 bridgehead atoms. The maximum absolute atomic E-state index is 5.99. The Labute approximate surface area is 226 Å². The van der Waals surface area contributed by atoms with Gasteiger partial charge in [-0.25, -0.2) is 4.98 Å². The lowest BCUT2D eigenvalue weighted by atomic mass is 9.98. The van der Waals surface area contributed by atoms with Crippen LogP contribution >= 0.6 is 22.9 Å². The molecule has 0 aliphatic rings. The Morgan fingerprint density at radius 1 is 1.00 bits per heavy atom. The van der Waals surface area contributed by atoms with Gasteiger partial charge >= 0.3 is 0 Å². The van der Waals surface area contributed by atoms with Gasteiger partial charge in [0.05, 0.1) is 35.8 Å². The van der Waals surface area contributed by atoms with E-state index in [0.29, 0.717) is 22.5 Å². The zero-order chi connectivity index (χ0) is 27.1. The fourth-order valence-corrected chi connectivity index (χ4v) is 4.71. The van der Waals surface area contributed by atoms with Crippen LogP contribution in [0.1, 0.15) is 66.7 Å². The van der Waals surface area contributed by atoms with Crippen LogP contribution in [-0.4, -0.2) is 32.3 Å². The number of ether oxygens (including phenoxy) is 2. The molecule has 8 heteroatoms. The van der Waals surface area contributed by atoms with E-state index in [9.17, 15) is 0 Å². The van der Waals surface area contributed by atoms with Crippen LogP contribution in [0, 0.1) is 5.92 Å². The third kappa shape index (κ3) is 9.94. The smallest absolute Gasteiger partial charge is 0.181 e. The van der Waals surface area contributed by atoms with Gasteiger partial charge in [-0.1, -0.05) is 76.3 Å². The first-order valence-corrected chi connectivity index (χ1v) is 14.1. The van der Waals surface area contributed by atoms with Gasteiger partial charge in [0, 0.05) is 30.2 Å². The molecule has 0 amide bonds. The molecule has 0 fully saturated rings. The molecule has 0 saturated heterocycles. The fraction of sp³-hybridized carbons (Fsp3) is 0.536. The molecule has 1 unspecified atom stereocenters. The number of thiazole rings is 1. The number of methoxy groups -OCH3 is 2. The Kier molecular flexibility index (Phi) is 15.1. The van der Waals surface area contributed by atoms with Crippen molar-refractivity contribution in [3.63, 3.8) is 0 Å².